The molecule has 0 spiro atoms. The summed E-state index contributed by atoms with van der Waals surface area (Å²) >= 11 is 0. The molecule has 1 heterocycles. The van der Waals surface area contributed by atoms with Crippen molar-refractivity contribution in [1.82, 2.24) is 9.62 Å². The molecule has 0 aliphatic carbocycles. The molecule has 0 radical (unpaired) electrons. The molecule has 2 aromatic carbocycles. The lowest BCUT2D eigenvalue weighted by molar-refractivity contribution is -0.134. The number of amides is 1. The highest BCUT2D eigenvalue weighted by atomic mass is 32.2. The van der Waals surface area contributed by atoms with Crippen molar-refractivity contribution in [2.24, 2.45) is 5.92 Å². The predicted molar refractivity (Wildman–Crippen MR) is 111 cm³/mol. The summed E-state index contributed by atoms with van der Waals surface area (Å²) in [5, 5.41) is 0. The van der Waals surface area contributed by atoms with Crippen molar-refractivity contribution in [3.05, 3.63) is 60.2 Å². The highest BCUT2D eigenvalue weighted by Gasteiger charge is 2.34. The van der Waals surface area contributed by atoms with Gasteiger partial charge in [0.25, 0.3) is 0 Å². The molecule has 1 unspecified atom stereocenters. The lowest BCUT2D eigenvalue weighted by Gasteiger charge is -2.38. The molecule has 9 heteroatoms. The first-order chi connectivity index (χ1) is 14.2. The van der Waals surface area contributed by atoms with Gasteiger partial charge in [-0.1, -0.05) is 38.1 Å². The number of hydrogen-bond donors (Lipinski definition) is 1. The Kier molecular flexibility index (Phi) is 6.72. The summed E-state index contributed by atoms with van der Waals surface area (Å²) in [6.07, 6.45) is 0. The van der Waals surface area contributed by atoms with Crippen LogP contribution < -0.4 is 9.62 Å². The van der Waals surface area contributed by atoms with Crippen LogP contribution >= 0.6 is 0 Å². The normalized spacial score (nSPS) is 16.0. The number of benzene rings is 2. The quantitative estimate of drug-likeness (QED) is 0.754. The Hall–Kier alpha value is -2.52. The van der Waals surface area contributed by atoms with Gasteiger partial charge in [0.15, 0.2) is 0 Å². The van der Waals surface area contributed by atoms with Crippen molar-refractivity contribution in [3.8, 4) is 0 Å². The molecular formula is C21H25F2N3O3S. The number of halogens is 2. The Balaban J connectivity index is 1.71. The second kappa shape index (κ2) is 9.09. The minimum absolute atomic E-state index is 0.324. The van der Waals surface area contributed by atoms with E-state index >= 15 is 0 Å². The molecule has 162 valence electrons. The van der Waals surface area contributed by atoms with Gasteiger partial charge in [0.1, 0.15) is 22.6 Å². The van der Waals surface area contributed by atoms with E-state index in [1.54, 1.807) is 36.9 Å². The smallest absolute Gasteiger partial charge is 0.244 e. The maximum Gasteiger partial charge on any atom is 0.244 e. The van der Waals surface area contributed by atoms with E-state index in [9.17, 15) is 22.0 Å². The maximum atomic E-state index is 14.0. The van der Waals surface area contributed by atoms with Crippen LogP contribution in [-0.4, -0.2) is 51.4 Å². The van der Waals surface area contributed by atoms with E-state index in [0.29, 0.717) is 31.9 Å². The largest absolute Gasteiger partial charge is 0.366 e. The van der Waals surface area contributed by atoms with Crippen molar-refractivity contribution in [2.75, 3.05) is 31.1 Å². The second-order valence-corrected chi connectivity index (χ2v) is 9.22. The average molecular weight is 438 g/mol. The van der Waals surface area contributed by atoms with Gasteiger partial charge >= 0.3 is 0 Å². The third-order valence-corrected chi connectivity index (χ3v) is 6.60. The van der Waals surface area contributed by atoms with Crippen LogP contribution in [0.5, 0.6) is 0 Å². The van der Waals surface area contributed by atoms with E-state index in [1.807, 2.05) is 4.90 Å². The van der Waals surface area contributed by atoms with Crippen LogP contribution in [0.2, 0.25) is 0 Å². The van der Waals surface area contributed by atoms with Crippen molar-refractivity contribution < 1.29 is 22.0 Å². The molecule has 2 aromatic rings. The number of rotatable bonds is 6. The molecular weight excluding hydrogens is 412 g/mol. The molecule has 1 amide bonds. The molecule has 1 atom stereocenters. The van der Waals surface area contributed by atoms with Crippen LogP contribution in [0.4, 0.5) is 14.5 Å². The molecule has 1 saturated heterocycles. The fourth-order valence-electron chi connectivity index (χ4n) is 3.44. The van der Waals surface area contributed by atoms with Crippen LogP contribution in [0.25, 0.3) is 0 Å². The second-order valence-electron chi connectivity index (χ2n) is 7.54. The van der Waals surface area contributed by atoms with Crippen molar-refractivity contribution in [2.45, 2.75) is 24.8 Å². The minimum atomic E-state index is -4.21. The summed E-state index contributed by atoms with van der Waals surface area (Å²) in [5.74, 6) is -1.92. The van der Waals surface area contributed by atoms with Gasteiger partial charge in [0.2, 0.25) is 15.9 Å². The van der Waals surface area contributed by atoms with Crippen LogP contribution in [0, 0.1) is 17.6 Å². The number of sulfonamides is 1. The SMILES string of the molecule is CC(C)C(NS(=O)(=O)c1ccccc1F)C(=O)N1CCN(c2ccccc2F)CC1. The molecule has 1 aliphatic heterocycles. The molecule has 1 N–H and O–H groups in total. The summed E-state index contributed by atoms with van der Waals surface area (Å²) < 4.78 is 55.7. The van der Waals surface area contributed by atoms with Crippen LogP contribution in [-0.2, 0) is 14.8 Å². The van der Waals surface area contributed by atoms with Gasteiger partial charge in [0.05, 0.1) is 5.69 Å². The Labute approximate surface area is 175 Å². The zero-order valence-electron chi connectivity index (χ0n) is 16.9. The number of carbonyl (C=O) groups is 1. The van der Waals surface area contributed by atoms with E-state index in [0.717, 1.165) is 12.1 Å². The number of piperazine rings is 1. The van der Waals surface area contributed by atoms with Gasteiger partial charge in [-0.2, -0.15) is 4.72 Å². The zero-order valence-corrected chi connectivity index (χ0v) is 17.7. The van der Waals surface area contributed by atoms with Crippen LogP contribution in [0.1, 0.15) is 13.8 Å². The van der Waals surface area contributed by atoms with Crippen LogP contribution in [0.15, 0.2) is 53.4 Å². The number of carbonyl (C=O) groups excluding carboxylic acids is 1. The van der Waals surface area contributed by atoms with E-state index in [1.165, 1.54) is 18.2 Å². The standard InChI is InChI=1S/C21H25F2N3O3S/c1-15(2)20(24-30(28,29)19-10-6-4-8-17(19)23)21(27)26-13-11-25(12-14-26)18-9-5-3-7-16(18)22/h3-10,15,20,24H,11-14H2,1-2H3. The number of hydrogen-bond acceptors (Lipinski definition) is 4. The molecule has 1 fully saturated rings. The molecule has 3 rings (SSSR count). The number of nitrogens with one attached hydrogen (secondary N) is 1. The first-order valence-corrected chi connectivity index (χ1v) is 11.2. The fourth-order valence-corrected chi connectivity index (χ4v) is 4.85. The maximum absolute atomic E-state index is 14.0. The molecule has 0 aromatic heterocycles. The van der Waals surface area contributed by atoms with E-state index < -0.39 is 26.8 Å². The van der Waals surface area contributed by atoms with Gasteiger partial charge in [-0.15, -0.1) is 0 Å². The summed E-state index contributed by atoms with van der Waals surface area (Å²) in [6.45, 7) is 4.97. The lowest BCUT2D eigenvalue weighted by atomic mass is 10.0. The molecule has 30 heavy (non-hydrogen) atoms. The topological polar surface area (TPSA) is 69.7 Å². The Morgan fingerprint density at radius 3 is 2.07 bits per heavy atom. The number of nitrogens with zero attached hydrogens (tertiary/aromatic N) is 2. The van der Waals surface area contributed by atoms with Gasteiger partial charge in [-0.25, -0.2) is 17.2 Å². The van der Waals surface area contributed by atoms with E-state index in [-0.39, 0.29) is 17.6 Å². The average Bonchev–Trinajstić information content (AvgIpc) is 2.72. The van der Waals surface area contributed by atoms with Gasteiger partial charge < -0.3 is 9.80 Å². The highest BCUT2D eigenvalue weighted by molar-refractivity contribution is 7.89. The van der Waals surface area contributed by atoms with Crippen molar-refractivity contribution >= 4 is 21.6 Å². The molecule has 1 aliphatic rings. The third-order valence-electron chi connectivity index (χ3n) is 5.13. The zero-order chi connectivity index (χ0) is 21.9. The Morgan fingerprint density at radius 1 is 0.933 bits per heavy atom. The van der Waals surface area contributed by atoms with Gasteiger partial charge in [-0.3, -0.25) is 4.79 Å². The highest BCUT2D eigenvalue weighted by Crippen LogP contribution is 2.21. The van der Waals surface area contributed by atoms with Crippen LogP contribution in [0.3, 0.4) is 0 Å². The first-order valence-electron chi connectivity index (χ1n) is 9.76. The predicted octanol–water partition coefficient (Wildman–Crippen LogP) is 2.62. The number of anilines is 1. The number of para-hydroxylation sites is 1. The molecule has 6 nitrogen and oxygen atoms in total. The monoisotopic (exact) mass is 437 g/mol. The minimum Gasteiger partial charge on any atom is -0.366 e. The Morgan fingerprint density at radius 2 is 1.50 bits per heavy atom. The van der Waals surface area contributed by atoms with Gasteiger partial charge in [0, 0.05) is 26.2 Å². The molecule has 0 saturated carbocycles. The summed E-state index contributed by atoms with van der Waals surface area (Å²) in [7, 11) is -4.21. The van der Waals surface area contributed by atoms with E-state index in [4.69, 9.17) is 0 Å². The third kappa shape index (κ3) is 4.79. The van der Waals surface area contributed by atoms with Gasteiger partial charge in [-0.05, 0) is 30.2 Å². The molecule has 0 bridgehead atoms. The Bertz CT molecular complexity index is 1010. The fraction of sp³-hybridized carbons (Fsp3) is 0.381. The van der Waals surface area contributed by atoms with Crippen molar-refractivity contribution in [3.63, 3.8) is 0 Å². The summed E-state index contributed by atoms with van der Waals surface area (Å²) in [5.41, 5.74) is 0.477. The van der Waals surface area contributed by atoms with Crippen molar-refractivity contribution in [1.29, 1.82) is 0 Å². The van der Waals surface area contributed by atoms with E-state index in [2.05, 4.69) is 4.72 Å². The summed E-state index contributed by atoms with van der Waals surface area (Å²) in [4.78, 5) is 16.0. The summed E-state index contributed by atoms with van der Waals surface area (Å²) in [6, 6.07) is 10.5. The lowest BCUT2D eigenvalue weighted by Crippen LogP contribution is -2.56. The first kappa shape index (κ1) is 22.2.